The number of rotatable bonds is 2. The van der Waals surface area contributed by atoms with Gasteiger partial charge in [0.15, 0.2) is 0 Å². The lowest BCUT2D eigenvalue weighted by Gasteiger charge is -2.27. The van der Waals surface area contributed by atoms with Crippen molar-refractivity contribution in [2.75, 3.05) is 7.11 Å². The summed E-state index contributed by atoms with van der Waals surface area (Å²) in [4.78, 5) is 13.3. The number of hydrogen-bond acceptors (Lipinski definition) is 3. The van der Waals surface area contributed by atoms with Crippen molar-refractivity contribution in [2.24, 2.45) is 5.73 Å². The molecular weight excluding hydrogens is 249 g/mol. The van der Waals surface area contributed by atoms with E-state index in [9.17, 15) is 18.0 Å². The fourth-order valence-electron chi connectivity index (χ4n) is 1.11. The molecule has 0 aliphatic heterocycles. The number of nitrogens with one attached hydrogen (secondary N) is 1. The van der Waals surface area contributed by atoms with E-state index >= 15 is 0 Å². The Hall–Kier alpha value is -1.21. The van der Waals surface area contributed by atoms with E-state index in [2.05, 4.69) is 9.72 Å². The summed E-state index contributed by atoms with van der Waals surface area (Å²) in [6, 6.07) is 2.38. The van der Waals surface area contributed by atoms with Crippen LogP contribution >= 0.6 is 12.4 Å². The molecule has 0 saturated heterocycles. The van der Waals surface area contributed by atoms with Gasteiger partial charge in [-0.3, -0.25) is 0 Å². The fraction of sp³-hybridized carbons (Fsp3) is 0.375. The van der Waals surface area contributed by atoms with Crippen LogP contribution in [-0.4, -0.2) is 24.2 Å². The quantitative estimate of drug-likeness (QED) is 0.787. The molecule has 1 unspecified atom stereocenters. The molecule has 92 valence electrons. The van der Waals surface area contributed by atoms with E-state index in [1.54, 1.807) is 0 Å². The number of alkyl halides is 3. The summed E-state index contributed by atoms with van der Waals surface area (Å²) in [6.45, 7) is 0. The number of hydrogen-bond donors (Lipinski definition) is 2. The SMILES string of the molecule is COC(=O)C(N)(c1ccc[nH]1)C(F)(F)F.Cl. The van der Waals surface area contributed by atoms with Crippen LogP contribution in [0.2, 0.25) is 0 Å². The van der Waals surface area contributed by atoms with Gasteiger partial charge in [0.1, 0.15) is 0 Å². The van der Waals surface area contributed by atoms with E-state index in [-0.39, 0.29) is 12.4 Å². The molecule has 1 heterocycles. The number of carbonyl (C=O) groups excluding carboxylic acids is 1. The highest BCUT2D eigenvalue weighted by atomic mass is 35.5. The third-order valence-electron chi connectivity index (χ3n) is 1.98. The average molecular weight is 259 g/mol. The Morgan fingerprint density at radius 3 is 2.38 bits per heavy atom. The van der Waals surface area contributed by atoms with Gasteiger partial charge in [0.05, 0.1) is 12.8 Å². The number of carbonyl (C=O) groups is 1. The molecule has 0 radical (unpaired) electrons. The molecule has 3 N–H and O–H groups in total. The lowest BCUT2D eigenvalue weighted by molar-refractivity contribution is -0.207. The van der Waals surface area contributed by atoms with Crippen molar-refractivity contribution in [1.29, 1.82) is 0 Å². The molecule has 1 aromatic rings. The molecule has 0 saturated carbocycles. The highest BCUT2D eigenvalue weighted by Crippen LogP contribution is 2.36. The highest BCUT2D eigenvalue weighted by Gasteiger charge is 2.60. The van der Waals surface area contributed by atoms with Crippen LogP contribution < -0.4 is 5.73 Å². The summed E-state index contributed by atoms with van der Waals surface area (Å²) in [5.41, 5.74) is 1.46. The Bertz CT molecular complexity index is 353. The molecule has 1 aromatic heterocycles. The summed E-state index contributed by atoms with van der Waals surface area (Å²) in [6.07, 6.45) is -3.68. The van der Waals surface area contributed by atoms with E-state index in [1.807, 2.05) is 0 Å². The third-order valence-corrected chi connectivity index (χ3v) is 1.98. The highest BCUT2D eigenvalue weighted by molar-refractivity contribution is 5.85. The number of H-pyrrole nitrogens is 1. The van der Waals surface area contributed by atoms with E-state index in [0.717, 1.165) is 13.2 Å². The van der Waals surface area contributed by atoms with E-state index in [0.29, 0.717) is 0 Å². The van der Waals surface area contributed by atoms with Gasteiger partial charge in [-0.05, 0) is 12.1 Å². The summed E-state index contributed by atoms with van der Waals surface area (Å²) in [5, 5.41) is 0. The van der Waals surface area contributed by atoms with E-state index < -0.39 is 23.4 Å². The first-order valence-electron chi connectivity index (χ1n) is 3.92. The normalized spacial score (nSPS) is 14.8. The molecule has 0 spiro atoms. The molecule has 4 nitrogen and oxygen atoms in total. The number of aromatic nitrogens is 1. The Labute approximate surface area is 95.4 Å². The average Bonchev–Trinajstić information content (AvgIpc) is 2.66. The van der Waals surface area contributed by atoms with Gasteiger partial charge >= 0.3 is 12.1 Å². The standard InChI is InChI=1S/C8H9F3N2O2.ClH/c1-15-6(14)7(12,8(9,10)11)5-3-2-4-13-5;/h2-4,13H,12H2,1H3;1H. The molecule has 1 atom stereocenters. The molecule has 0 aliphatic rings. The second-order valence-corrected chi connectivity index (χ2v) is 2.88. The summed E-state index contributed by atoms with van der Waals surface area (Å²) < 4.78 is 42.0. The summed E-state index contributed by atoms with van der Waals surface area (Å²) in [7, 11) is 0.846. The van der Waals surface area contributed by atoms with Crippen LogP contribution in [0.1, 0.15) is 5.69 Å². The molecule has 8 heteroatoms. The number of ether oxygens (including phenoxy) is 1. The number of nitrogens with two attached hydrogens (primary N) is 1. The minimum Gasteiger partial charge on any atom is -0.467 e. The van der Waals surface area contributed by atoms with Crippen molar-refractivity contribution in [2.45, 2.75) is 11.7 Å². The molecule has 0 bridgehead atoms. The van der Waals surface area contributed by atoms with Crippen molar-refractivity contribution in [3.8, 4) is 0 Å². The van der Waals surface area contributed by atoms with Crippen molar-refractivity contribution >= 4 is 18.4 Å². The van der Waals surface area contributed by atoms with Gasteiger partial charge in [-0.15, -0.1) is 12.4 Å². The van der Waals surface area contributed by atoms with Gasteiger partial charge in [-0.1, -0.05) is 0 Å². The van der Waals surface area contributed by atoms with Crippen LogP contribution in [0.25, 0.3) is 0 Å². The largest absolute Gasteiger partial charge is 0.467 e. The van der Waals surface area contributed by atoms with E-state index in [1.165, 1.54) is 12.3 Å². The van der Waals surface area contributed by atoms with Gasteiger partial charge in [0.25, 0.3) is 5.54 Å². The van der Waals surface area contributed by atoms with Crippen LogP contribution in [0, 0.1) is 0 Å². The van der Waals surface area contributed by atoms with Crippen LogP contribution in [0.15, 0.2) is 18.3 Å². The molecule has 1 rings (SSSR count). The van der Waals surface area contributed by atoms with Gasteiger partial charge in [0.2, 0.25) is 0 Å². The molecule has 0 aromatic carbocycles. The lowest BCUT2D eigenvalue weighted by Crippen LogP contribution is -2.57. The first-order chi connectivity index (χ1) is 6.84. The Kier molecular flexibility index (Phi) is 4.39. The molecule has 16 heavy (non-hydrogen) atoms. The second-order valence-electron chi connectivity index (χ2n) is 2.88. The Balaban J connectivity index is 0.00000225. The summed E-state index contributed by atoms with van der Waals surface area (Å²) >= 11 is 0. The second kappa shape index (κ2) is 4.75. The van der Waals surface area contributed by atoms with Gasteiger partial charge < -0.3 is 15.5 Å². The lowest BCUT2D eigenvalue weighted by atomic mass is 9.96. The van der Waals surface area contributed by atoms with Crippen molar-refractivity contribution in [3.05, 3.63) is 24.0 Å². The van der Waals surface area contributed by atoms with Crippen LogP contribution in [0.4, 0.5) is 13.2 Å². The molecular formula is C8H10ClF3N2O2. The van der Waals surface area contributed by atoms with E-state index in [4.69, 9.17) is 5.73 Å². The molecule has 0 aliphatic carbocycles. The topological polar surface area (TPSA) is 68.1 Å². The van der Waals surface area contributed by atoms with Crippen LogP contribution in [0.3, 0.4) is 0 Å². The minimum absolute atomic E-state index is 0. The predicted octanol–water partition coefficient (Wildman–Crippen LogP) is 1.33. The van der Waals surface area contributed by atoms with Crippen molar-refractivity contribution < 1.29 is 22.7 Å². The zero-order valence-corrected chi connectivity index (χ0v) is 8.98. The number of halogens is 4. The first-order valence-corrected chi connectivity index (χ1v) is 3.92. The van der Waals surface area contributed by atoms with Gasteiger partial charge in [-0.25, -0.2) is 4.79 Å². The smallest absolute Gasteiger partial charge is 0.422 e. The number of esters is 1. The zero-order valence-electron chi connectivity index (χ0n) is 8.17. The Morgan fingerprint density at radius 1 is 1.50 bits per heavy atom. The maximum atomic E-state index is 12.7. The van der Waals surface area contributed by atoms with Gasteiger partial charge in [0, 0.05) is 6.20 Å². The zero-order chi connectivity index (χ0) is 11.7. The first kappa shape index (κ1) is 14.8. The maximum absolute atomic E-state index is 12.7. The monoisotopic (exact) mass is 258 g/mol. The van der Waals surface area contributed by atoms with Gasteiger partial charge in [-0.2, -0.15) is 13.2 Å². The maximum Gasteiger partial charge on any atom is 0.422 e. The van der Waals surface area contributed by atoms with Crippen LogP contribution in [-0.2, 0) is 15.1 Å². The van der Waals surface area contributed by atoms with Crippen molar-refractivity contribution in [3.63, 3.8) is 0 Å². The predicted molar refractivity (Wildman–Crippen MR) is 52.0 cm³/mol. The molecule has 0 amide bonds. The van der Waals surface area contributed by atoms with Crippen molar-refractivity contribution in [1.82, 2.24) is 4.98 Å². The minimum atomic E-state index is -4.93. The number of methoxy groups -OCH3 is 1. The molecule has 0 fully saturated rings. The Morgan fingerprint density at radius 2 is 2.06 bits per heavy atom. The summed E-state index contributed by atoms with van der Waals surface area (Å²) in [5.74, 6) is -1.56. The fourth-order valence-corrected chi connectivity index (χ4v) is 1.11. The third kappa shape index (κ3) is 2.14. The number of aromatic amines is 1. The van der Waals surface area contributed by atoms with Crippen LogP contribution in [0.5, 0.6) is 0 Å².